The molecule has 8 nitrogen and oxygen atoms in total. The van der Waals surface area contributed by atoms with Crippen LogP contribution < -0.4 is 10.6 Å². The highest BCUT2D eigenvalue weighted by atomic mass is 16.6. The molecule has 1 unspecified atom stereocenters. The quantitative estimate of drug-likeness (QED) is 0.559. The molecule has 0 aromatic heterocycles. The van der Waals surface area contributed by atoms with Gasteiger partial charge in [0.05, 0.1) is 0 Å². The summed E-state index contributed by atoms with van der Waals surface area (Å²) in [5, 5.41) is 16.1. The van der Waals surface area contributed by atoms with Crippen molar-refractivity contribution in [3.05, 3.63) is 29.3 Å². The van der Waals surface area contributed by atoms with E-state index < -0.39 is 35.1 Å². The van der Waals surface area contributed by atoms with E-state index in [0.29, 0.717) is 24.1 Å². The van der Waals surface area contributed by atoms with E-state index in [1.807, 2.05) is 27.7 Å². The maximum atomic E-state index is 13.3. The lowest BCUT2D eigenvalue weighted by Crippen LogP contribution is -2.51. The van der Waals surface area contributed by atoms with E-state index in [2.05, 4.69) is 10.6 Å². The first-order chi connectivity index (χ1) is 14.7. The molecule has 1 rings (SSSR count). The molecule has 1 atom stereocenters. The number of unbranched alkanes of at least 4 members (excludes halogenated alkanes) is 1. The summed E-state index contributed by atoms with van der Waals surface area (Å²) in [6, 6.07) is 4.07. The van der Waals surface area contributed by atoms with Crippen LogP contribution in [0.3, 0.4) is 0 Å². The number of phenolic OH excluding ortho intramolecular Hbond substituents is 1. The van der Waals surface area contributed by atoms with E-state index in [9.17, 15) is 19.5 Å². The van der Waals surface area contributed by atoms with Crippen LogP contribution in [0.4, 0.5) is 4.79 Å². The van der Waals surface area contributed by atoms with Gasteiger partial charge in [-0.25, -0.2) is 4.79 Å². The number of hydrogen-bond acceptors (Lipinski definition) is 5. The molecule has 32 heavy (non-hydrogen) atoms. The Morgan fingerprint density at radius 1 is 1.12 bits per heavy atom. The number of nitrogens with zero attached hydrogens (tertiary/aromatic N) is 1. The monoisotopic (exact) mass is 449 g/mol. The van der Waals surface area contributed by atoms with E-state index >= 15 is 0 Å². The fourth-order valence-electron chi connectivity index (χ4n) is 3.08. The van der Waals surface area contributed by atoms with Crippen molar-refractivity contribution in [3.63, 3.8) is 0 Å². The zero-order valence-corrected chi connectivity index (χ0v) is 20.7. The second-order valence-electron chi connectivity index (χ2n) is 9.95. The second-order valence-corrected chi connectivity index (χ2v) is 9.95. The van der Waals surface area contributed by atoms with Crippen molar-refractivity contribution >= 4 is 17.9 Å². The Labute approximate surface area is 191 Å². The summed E-state index contributed by atoms with van der Waals surface area (Å²) in [7, 11) is 0. The van der Waals surface area contributed by atoms with E-state index in [1.54, 1.807) is 45.9 Å². The molecule has 0 saturated carbocycles. The number of phenols is 1. The summed E-state index contributed by atoms with van der Waals surface area (Å²) >= 11 is 0. The van der Waals surface area contributed by atoms with Crippen LogP contribution in [-0.2, 0) is 14.3 Å². The normalized spacial score (nSPS) is 12.6. The zero-order chi connectivity index (χ0) is 24.7. The van der Waals surface area contributed by atoms with Gasteiger partial charge in [-0.05, 0) is 60.5 Å². The smallest absolute Gasteiger partial charge is 0.408 e. The van der Waals surface area contributed by atoms with Gasteiger partial charge in [0.1, 0.15) is 23.9 Å². The van der Waals surface area contributed by atoms with Crippen molar-refractivity contribution in [1.29, 1.82) is 0 Å². The van der Waals surface area contributed by atoms with E-state index in [1.165, 1.54) is 4.90 Å². The summed E-state index contributed by atoms with van der Waals surface area (Å²) in [6.07, 6.45) is 0.746. The minimum Gasteiger partial charge on any atom is -0.507 e. The average molecular weight is 450 g/mol. The lowest BCUT2D eigenvalue weighted by Gasteiger charge is -2.34. The van der Waals surface area contributed by atoms with E-state index in [0.717, 1.165) is 6.42 Å². The Hall–Kier alpha value is -2.77. The van der Waals surface area contributed by atoms with Gasteiger partial charge in [0.15, 0.2) is 0 Å². The van der Waals surface area contributed by atoms with Crippen LogP contribution in [-0.4, -0.2) is 52.1 Å². The number of benzene rings is 1. The van der Waals surface area contributed by atoms with Crippen LogP contribution in [0.1, 0.15) is 78.5 Å². The molecule has 0 spiro atoms. The van der Waals surface area contributed by atoms with Crippen molar-refractivity contribution < 1.29 is 24.2 Å². The number of ether oxygens (including phenoxy) is 1. The molecule has 0 aliphatic heterocycles. The van der Waals surface area contributed by atoms with Gasteiger partial charge < -0.3 is 25.4 Å². The molecule has 3 amide bonds. The number of nitrogens with one attached hydrogen (secondary N) is 2. The van der Waals surface area contributed by atoms with E-state index in [4.69, 9.17) is 4.74 Å². The third-order valence-electron chi connectivity index (χ3n) is 4.48. The minimum atomic E-state index is -1.05. The summed E-state index contributed by atoms with van der Waals surface area (Å²) in [5.74, 6) is -0.879. The van der Waals surface area contributed by atoms with Crippen LogP contribution in [0.15, 0.2) is 18.2 Å². The first-order valence-corrected chi connectivity index (χ1v) is 11.0. The topological polar surface area (TPSA) is 108 Å². The Kier molecular flexibility index (Phi) is 9.54. The van der Waals surface area contributed by atoms with Crippen LogP contribution in [0.5, 0.6) is 5.75 Å². The molecule has 1 aromatic rings. The molecule has 180 valence electrons. The van der Waals surface area contributed by atoms with Crippen LogP contribution in [0.2, 0.25) is 0 Å². The number of alkyl carbamates (subject to hydrolysis) is 1. The number of hydrogen-bond donors (Lipinski definition) is 3. The maximum absolute atomic E-state index is 13.3. The molecule has 0 saturated heterocycles. The average Bonchev–Trinajstić information content (AvgIpc) is 2.63. The maximum Gasteiger partial charge on any atom is 0.408 e. The van der Waals surface area contributed by atoms with Gasteiger partial charge in [-0.1, -0.05) is 31.5 Å². The lowest BCUT2D eigenvalue weighted by molar-refractivity contribution is -0.141. The third kappa shape index (κ3) is 8.77. The van der Waals surface area contributed by atoms with Gasteiger partial charge >= 0.3 is 6.09 Å². The number of aryl methyl sites for hydroxylation is 1. The summed E-state index contributed by atoms with van der Waals surface area (Å²) in [4.78, 5) is 40.0. The number of rotatable bonds is 8. The molecule has 0 aliphatic carbocycles. The molecule has 0 fully saturated rings. The number of carbonyl (C=O) groups excluding carboxylic acids is 3. The van der Waals surface area contributed by atoms with Crippen LogP contribution >= 0.6 is 0 Å². The first kappa shape index (κ1) is 27.3. The fraction of sp³-hybridized carbons (Fsp3) is 0.625. The number of aromatic hydroxyl groups is 1. The largest absolute Gasteiger partial charge is 0.507 e. The molecule has 1 aromatic carbocycles. The highest BCUT2D eigenvalue weighted by molar-refractivity contribution is 5.91. The predicted octanol–water partition coefficient (Wildman–Crippen LogP) is 3.81. The highest BCUT2D eigenvalue weighted by Crippen LogP contribution is 2.32. The summed E-state index contributed by atoms with van der Waals surface area (Å²) in [5.41, 5.74) is -0.292. The lowest BCUT2D eigenvalue weighted by atomic mass is 9.98. The molecule has 3 N–H and O–H groups in total. The Bertz CT molecular complexity index is 809. The highest BCUT2D eigenvalue weighted by Gasteiger charge is 2.35. The summed E-state index contributed by atoms with van der Waals surface area (Å²) < 4.78 is 5.20. The SMILES string of the molecule is CCCCN(C(=O)CNC(=O)OC(C)(C)C)C(C(=O)NC(C)(C)C)c1cccc(C)c1O. The molecular weight excluding hydrogens is 410 g/mol. The summed E-state index contributed by atoms with van der Waals surface area (Å²) in [6.45, 7) is 14.4. The van der Waals surface area contributed by atoms with Gasteiger partial charge in [0.2, 0.25) is 11.8 Å². The predicted molar refractivity (Wildman–Crippen MR) is 124 cm³/mol. The molecule has 0 bridgehead atoms. The Morgan fingerprint density at radius 3 is 2.28 bits per heavy atom. The van der Waals surface area contributed by atoms with Gasteiger partial charge in [-0.3, -0.25) is 9.59 Å². The molecule has 8 heteroatoms. The number of para-hydroxylation sites is 1. The molecular formula is C24H39N3O5. The van der Waals surface area contributed by atoms with Crippen molar-refractivity contribution in [1.82, 2.24) is 15.5 Å². The van der Waals surface area contributed by atoms with Crippen molar-refractivity contribution in [2.24, 2.45) is 0 Å². The van der Waals surface area contributed by atoms with Gasteiger partial charge in [-0.2, -0.15) is 0 Å². The minimum absolute atomic E-state index is 0.0315. The Morgan fingerprint density at radius 2 is 1.75 bits per heavy atom. The van der Waals surface area contributed by atoms with Crippen LogP contribution in [0.25, 0.3) is 0 Å². The van der Waals surface area contributed by atoms with Crippen LogP contribution in [0, 0.1) is 6.92 Å². The standard InChI is InChI=1S/C24H39N3O5/c1-9-10-14-27(18(28)15-25-22(31)32-24(6,7)8)19(21(30)26-23(3,4)5)17-13-11-12-16(2)20(17)29/h11-13,19,29H,9-10,14-15H2,1-8H3,(H,25,31)(H,26,30). The first-order valence-electron chi connectivity index (χ1n) is 11.0. The molecule has 0 heterocycles. The molecule has 0 radical (unpaired) electrons. The van der Waals surface area contributed by atoms with Crippen molar-refractivity contribution in [2.45, 2.75) is 85.4 Å². The zero-order valence-electron chi connectivity index (χ0n) is 20.7. The van der Waals surface area contributed by atoms with Gasteiger partial charge in [-0.15, -0.1) is 0 Å². The van der Waals surface area contributed by atoms with Crippen molar-refractivity contribution in [2.75, 3.05) is 13.1 Å². The van der Waals surface area contributed by atoms with Gasteiger partial charge in [0, 0.05) is 17.6 Å². The third-order valence-corrected chi connectivity index (χ3v) is 4.48. The van der Waals surface area contributed by atoms with Crippen molar-refractivity contribution in [3.8, 4) is 5.75 Å². The molecule has 0 aliphatic rings. The van der Waals surface area contributed by atoms with Gasteiger partial charge in [0.25, 0.3) is 0 Å². The number of carbonyl (C=O) groups is 3. The Balaban J connectivity index is 3.30. The fourth-order valence-corrected chi connectivity index (χ4v) is 3.08. The second kappa shape index (κ2) is 11.2. The van der Waals surface area contributed by atoms with E-state index in [-0.39, 0.29) is 12.3 Å². The number of amides is 3.